The number of aliphatic hydroxyl groups is 1. The third kappa shape index (κ3) is 8.27. The van der Waals surface area contributed by atoms with Crippen LogP contribution in [0.15, 0.2) is 101 Å². The van der Waals surface area contributed by atoms with Crippen LogP contribution in [-0.4, -0.2) is 39.9 Å². The van der Waals surface area contributed by atoms with Crippen molar-refractivity contribution in [2.45, 2.75) is 62.4 Å². The third-order valence-electron chi connectivity index (χ3n) is 7.96. The van der Waals surface area contributed by atoms with Gasteiger partial charge < -0.3 is 24.6 Å². The van der Waals surface area contributed by atoms with Gasteiger partial charge in [0.1, 0.15) is 0 Å². The summed E-state index contributed by atoms with van der Waals surface area (Å²) in [6.07, 6.45) is -1.000. The number of aliphatic hydroxyl groups excluding tert-OH is 1. The monoisotopic (exact) mass is 668 g/mol. The van der Waals surface area contributed by atoms with Crippen molar-refractivity contribution in [1.29, 1.82) is 0 Å². The Labute approximate surface area is 282 Å². The van der Waals surface area contributed by atoms with E-state index in [1.807, 2.05) is 91.0 Å². The topological polar surface area (TPSA) is 107 Å². The first-order valence-electron chi connectivity index (χ1n) is 15.5. The van der Waals surface area contributed by atoms with Crippen molar-refractivity contribution < 1.29 is 28.9 Å². The molecule has 242 valence electrons. The number of amides is 1. The average Bonchev–Trinajstić information content (AvgIpc) is 3.53. The fourth-order valence-corrected chi connectivity index (χ4v) is 7.62. The summed E-state index contributed by atoms with van der Waals surface area (Å²) in [5.74, 6) is -0.116. The van der Waals surface area contributed by atoms with E-state index < -0.39 is 18.4 Å². The summed E-state index contributed by atoms with van der Waals surface area (Å²) in [7, 11) is 0. The Morgan fingerprint density at radius 2 is 1.70 bits per heavy atom. The Bertz CT molecular complexity index is 1790. The molecule has 47 heavy (non-hydrogen) atoms. The molecule has 10 heteroatoms. The predicted octanol–water partition coefficient (Wildman–Crippen LogP) is 7.36. The molecule has 1 aliphatic heterocycles. The standard InChI is InChI=1S/C37H36N2O6S2/c1-23(43-24(2)41)35(42)38-20-29-7-3-4-8-31(29)26-15-17-28(18-16-26)36-44-30(19-33(45-36)27-13-11-25(21-40)12-14-27)22-46-37-39-32-9-5-6-10-34(32)47-37/h3-18,23,30,33,36,40H,19-22H2,1-2H3,(H,38,42). The van der Waals surface area contributed by atoms with Crippen molar-refractivity contribution in [1.82, 2.24) is 10.3 Å². The van der Waals surface area contributed by atoms with Gasteiger partial charge >= 0.3 is 5.97 Å². The molecule has 0 spiro atoms. The molecule has 1 amide bonds. The number of fused-ring (bicyclic) bond motifs is 1. The summed E-state index contributed by atoms with van der Waals surface area (Å²) in [6, 6.07) is 32.0. The molecule has 1 aliphatic rings. The molecule has 1 fully saturated rings. The highest BCUT2D eigenvalue weighted by Gasteiger charge is 2.32. The summed E-state index contributed by atoms with van der Waals surface area (Å²) < 4.78 is 20.3. The van der Waals surface area contributed by atoms with Gasteiger partial charge in [0.15, 0.2) is 16.7 Å². The number of rotatable bonds is 11. The van der Waals surface area contributed by atoms with E-state index in [0.717, 1.165) is 49.0 Å². The van der Waals surface area contributed by atoms with Gasteiger partial charge in [-0.25, -0.2) is 4.98 Å². The minimum atomic E-state index is -0.866. The second kappa shape index (κ2) is 15.2. The van der Waals surface area contributed by atoms with E-state index in [-0.39, 0.29) is 24.7 Å². The Morgan fingerprint density at radius 3 is 2.45 bits per heavy atom. The minimum Gasteiger partial charge on any atom is -0.453 e. The highest BCUT2D eigenvalue weighted by molar-refractivity contribution is 8.01. The van der Waals surface area contributed by atoms with Gasteiger partial charge in [-0.2, -0.15) is 0 Å². The van der Waals surface area contributed by atoms with Crippen molar-refractivity contribution in [2.24, 2.45) is 0 Å². The van der Waals surface area contributed by atoms with Crippen LogP contribution < -0.4 is 5.32 Å². The van der Waals surface area contributed by atoms with Gasteiger partial charge in [-0.15, -0.1) is 11.3 Å². The maximum Gasteiger partial charge on any atom is 0.303 e. The molecule has 1 saturated heterocycles. The van der Waals surface area contributed by atoms with E-state index in [2.05, 4.69) is 11.4 Å². The molecule has 0 bridgehead atoms. The molecule has 8 nitrogen and oxygen atoms in total. The summed E-state index contributed by atoms with van der Waals surface area (Å²) in [5, 5.41) is 12.4. The van der Waals surface area contributed by atoms with Gasteiger partial charge in [-0.05, 0) is 46.9 Å². The SMILES string of the molecule is CC(=O)OC(C)C(=O)NCc1ccccc1-c1ccc(C2OC(CSc3nc4ccccc4s3)CC(c3ccc(CO)cc3)O2)cc1. The minimum absolute atomic E-state index is 0.00573. The van der Waals surface area contributed by atoms with Crippen LogP contribution in [0.2, 0.25) is 0 Å². The highest BCUT2D eigenvalue weighted by Crippen LogP contribution is 2.40. The second-order valence-corrected chi connectivity index (χ2v) is 13.7. The number of thioether (sulfide) groups is 1. The first kappa shape index (κ1) is 32.9. The van der Waals surface area contributed by atoms with Crippen molar-refractivity contribution >= 4 is 45.2 Å². The number of hydrogen-bond acceptors (Lipinski definition) is 9. The zero-order valence-electron chi connectivity index (χ0n) is 26.1. The smallest absolute Gasteiger partial charge is 0.303 e. The molecular formula is C37H36N2O6S2. The van der Waals surface area contributed by atoms with Gasteiger partial charge in [0.25, 0.3) is 5.91 Å². The molecule has 4 atom stereocenters. The number of nitrogens with one attached hydrogen (secondary N) is 1. The van der Waals surface area contributed by atoms with Gasteiger partial charge in [0.2, 0.25) is 0 Å². The molecule has 0 saturated carbocycles. The summed E-state index contributed by atoms with van der Waals surface area (Å²) in [5.41, 5.74) is 6.72. The number of esters is 1. The molecule has 0 radical (unpaired) electrons. The van der Waals surface area contributed by atoms with Crippen LogP contribution in [0.25, 0.3) is 21.3 Å². The lowest BCUT2D eigenvalue weighted by Crippen LogP contribution is -2.35. The third-order valence-corrected chi connectivity index (χ3v) is 10.3. The van der Waals surface area contributed by atoms with Crippen molar-refractivity contribution in [3.05, 3.63) is 119 Å². The molecule has 4 unspecified atom stereocenters. The number of benzene rings is 4. The van der Waals surface area contributed by atoms with E-state index in [1.165, 1.54) is 11.6 Å². The van der Waals surface area contributed by atoms with E-state index in [1.54, 1.807) is 30.0 Å². The van der Waals surface area contributed by atoms with Gasteiger partial charge in [0.05, 0.1) is 29.0 Å². The summed E-state index contributed by atoms with van der Waals surface area (Å²) in [4.78, 5) is 28.5. The Balaban J connectivity index is 1.18. The molecule has 2 heterocycles. The first-order chi connectivity index (χ1) is 22.9. The van der Waals surface area contributed by atoms with Crippen molar-refractivity contribution in [3.63, 3.8) is 0 Å². The van der Waals surface area contributed by atoms with Crippen LogP contribution in [0.5, 0.6) is 0 Å². The molecule has 2 N–H and O–H groups in total. The number of carbonyl (C=O) groups is 2. The predicted molar refractivity (Wildman–Crippen MR) is 184 cm³/mol. The van der Waals surface area contributed by atoms with Gasteiger partial charge in [-0.3, -0.25) is 9.59 Å². The quantitative estimate of drug-likeness (QED) is 0.111. The molecule has 1 aromatic heterocycles. The van der Waals surface area contributed by atoms with Crippen LogP contribution in [0.1, 0.15) is 54.9 Å². The first-order valence-corrected chi connectivity index (χ1v) is 17.3. The maximum atomic E-state index is 12.4. The lowest BCUT2D eigenvalue weighted by atomic mass is 9.97. The van der Waals surface area contributed by atoms with E-state index in [9.17, 15) is 14.7 Å². The van der Waals surface area contributed by atoms with Crippen LogP contribution in [0.4, 0.5) is 0 Å². The Kier molecular flexibility index (Phi) is 10.6. The summed E-state index contributed by atoms with van der Waals surface area (Å²) in [6.45, 7) is 3.12. The fourth-order valence-electron chi connectivity index (χ4n) is 5.50. The second-order valence-electron chi connectivity index (χ2n) is 11.4. The highest BCUT2D eigenvalue weighted by atomic mass is 32.2. The Hall–Kier alpha value is -4.06. The molecule has 4 aromatic carbocycles. The molecule has 0 aliphatic carbocycles. The van der Waals surface area contributed by atoms with E-state index in [4.69, 9.17) is 19.2 Å². The number of nitrogens with zero attached hydrogens (tertiary/aromatic N) is 1. The molecule has 6 rings (SSSR count). The summed E-state index contributed by atoms with van der Waals surface area (Å²) >= 11 is 3.40. The largest absolute Gasteiger partial charge is 0.453 e. The number of aromatic nitrogens is 1. The number of carbonyl (C=O) groups excluding carboxylic acids is 2. The van der Waals surface area contributed by atoms with Gasteiger partial charge in [-0.1, -0.05) is 96.7 Å². The lowest BCUT2D eigenvalue weighted by Gasteiger charge is -2.36. The van der Waals surface area contributed by atoms with E-state index in [0.29, 0.717) is 13.0 Å². The molecular weight excluding hydrogens is 633 g/mol. The van der Waals surface area contributed by atoms with Gasteiger partial charge in [0, 0.05) is 31.2 Å². The van der Waals surface area contributed by atoms with Crippen LogP contribution in [0.3, 0.4) is 0 Å². The fraction of sp³-hybridized carbons (Fsp3) is 0.270. The van der Waals surface area contributed by atoms with Crippen LogP contribution in [-0.2, 0) is 37.0 Å². The zero-order chi connectivity index (χ0) is 32.8. The maximum absolute atomic E-state index is 12.4. The Morgan fingerprint density at radius 1 is 0.979 bits per heavy atom. The number of ether oxygens (including phenoxy) is 3. The zero-order valence-corrected chi connectivity index (χ0v) is 27.8. The number of thiazole rings is 1. The molecule has 5 aromatic rings. The number of hydrogen-bond donors (Lipinski definition) is 2. The number of para-hydroxylation sites is 1. The van der Waals surface area contributed by atoms with Crippen LogP contribution in [0, 0.1) is 0 Å². The van der Waals surface area contributed by atoms with Crippen molar-refractivity contribution in [2.75, 3.05) is 5.75 Å². The van der Waals surface area contributed by atoms with Crippen molar-refractivity contribution in [3.8, 4) is 11.1 Å². The lowest BCUT2D eigenvalue weighted by molar-refractivity contribution is -0.245. The normalized spacial score (nSPS) is 18.5. The average molecular weight is 669 g/mol. The van der Waals surface area contributed by atoms with E-state index >= 15 is 0 Å². The van der Waals surface area contributed by atoms with Crippen LogP contribution >= 0.6 is 23.1 Å².